The first-order valence-electron chi connectivity index (χ1n) is 7.38. The fraction of sp³-hybridized carbons (Fsp3) is 0.200. The van der Waals surface area contributed by atoms with E-state index in [9.17, 15) is 0 Å². The van der Waals surface area contributed by atoms with Crippen LogP contribution in [0.4, 0.5) is 0 Å². The third-order valence-corrected chi connectivity index (χ3v) is 4.79. The first kappa shape index (κ1) is 20.4. The monoisotopic (exact) mass is 418 g/mol. The van der Waals surface area contributed by atoms with Gasteiger partial charge < -0.3 is 24.8 Å². The number of halogens is 2. The summed E-state index contributed by atoms with van der Waals surface area (Å²) < 4.78 is 0. The number of benzene rings is 1. The van der Waals surface area contributed by atoms with Gasteiger partial charge in [-0.3, -0.25) is 0 Å². The SMILES string of the molecule is CC(C1=CC=C2C=CC=CC21)C1C=Cc2ccccc21.[Cl-].[Cl-].[Zr+2]. The van der Waals surface area contributed by atoms with Gasteiger partial charge in [-0.05, 0) is 22.6 Å². The van der Waals surface area contributed by atoms with Crippen molar-refractivity contribution in [3.8, 4) is 0 Å². The Bertz CT molecular complexity index is 710. The summed E-state index contributed by atoms with van der Waals surface area (Å²) in [6.07, 6.45) is 18.1. The summed E-state index contributed by atoms with van der Waals surface area (Å²) in [6, 6.07) is 8.77. The van der Waals surface area contributed by atoms with Crippen LogP contribution in [0.1, 0.15) is 24.0 Å². The molecule has 1 aromatic carbocycles. The molecule has 4 rings (SSSR count). The van der Waals surface area contributed by atoms with Crippen LogP contribution >= 0.6 is 0 Å². The van der Waals surface area contributed by atoms with E-state index < -0.39 is 0 Å². The van der Waals surface area contributed by atoms with Crippen LogP contribution in [0.3, 0.4) is 0 Å². The summed E-state index contributed by atoms with van der Waals surface area (Å²) >= 11 is 0. The zero-order chi connectivity index (χ0) is 13.5. The van der Waals surface area contributed by atoms with Crippen molar-refractivity contribution in [2.24, 2.45) is 11.8 Å². The second-order valence-corrected chi connectivity index (χ2v) is 5.86. The van der Waals surface area contributed by atoms with E-state index in [-0.39, 0.29) is 51.0 Å². The molecule has 0 heterocycles. The van der Waals surface area contributed by atoms with E-state index >= 15 is 0 Å². The van der Waals surface area contributed by atoms with Crippen LogP contribution < -0.4 is 24.8 Å². The van der Waals surface area contributed by atoms with Crippen molar-refractivity contribution in [3.05, 3.63) is 89.1 Å². The van der Waals surface area contributed by atoms with Crippen molar-refractivity contribution in [1.82, 2.24) is 0 Å². The standard InChI is InChI=1S/C20H18.2ClH.Zr/c1-14(17-12-10-15-6-2-4-8-19(15)17)18-13-11-16-7-3-5-9-20(16)18;;;/h2-14,17,20H,1H3;2*1H;/q;;;+2/p-2. The Morgan fingerprint density at radius 2 is 1.70 bits per heavy atom. The van der Waals surface area contributed by atoms with Crippen LogP contribution in [-0.2, 0) is 26.2 Å². The van der Waals surface area contributed by atoms with Gasteiger partial charge in [0.15, 0.2) is 0 Å². The largest absolute Gasteiger partial charge is 2.00 e. The average molecular weight is 420 g/mol. The normalized spacial score (nSPS) is 23.5. The van der Waals surface area contributed by atoms with Gasteiger partial charge in [0.1, 0.15) is 0 Å². The molecule has 0 saturated carbocycles. The van der Waals surface area contributed by atoms with Crippen molar-refractivity contribution < 1.29 is 51.0 Å². The van der Waals surface area contributed by atoms with Crippen LogP contribution in [0.15, 0.2) is 77.9 Å². The van der Waals surface area contributed by atoms with Gasteiger partial charge in [0.05, 0.1) is 0 Å². The molecule has 0 aromatic heterocycles. The van der Waals surface area contributed by atoms with Crippen LogP contribution in [0.25, 0.3) is 6.08 Å². The summed E-state index contributed by atoms with van der Waals surface area (Å²) in [5.41, 5.74) is 5.84. The Balaban J connectivity index is 0.000000882. The number of allylic oxidation sites excluding steroid dienone is 9. The van der Waals surface area contributed by atoms with Gasteiger partial charge in [0.25, 0.3) is 0 Å². The van der Waals surface area contributed by atoms with E-state index in [1.165, 1.54) is 16.7 Å². The van der Waals surface area contributed by atoms with Gasteiger partial charge in [0.2, 0.25) is 0 Å². The first-order chi connectivity index (χ1) is 9.84. The molecule has 3 atom stereocenters. The molecule has 3 aliphatic carbocycles. The second kappa shape index (κ2) is 8.47. The molecular formula is C20H18Cl2Zr. The van der Waals surface area contributed by atoms with E-state index in [4.69, 9.17) is 0 Å². The molecule has 0 saturated heterocycles. The van der Waals surface area contributed by atoms with Gasteiger partial charge in [-0.25, -0.2) is 0 Å². The minimum Gasteiger partial charge on any atom is -1.00 e. The summed E-state index contributed by atoms with van der Waals surface area (Å²) in [5.74, 6) is 1.56. The number of hydrogen-bond donors (Lipinski definition) is 0. The maximum atomic E-state index is 2.37. The van der Waals surface area contributed by atoms with Crippen molar-refractivity contribution in [3.63, 3.8) is 0 Å². The Hall–Kier alpha value is -0.617. The predicted octanol–water partition coefficient (Wildman–Crippen LogP) is -0.953. The molecule has 0 fully saturated rings. The fourth-order valence-corrected chi connectivity index (χ4v) is 3.67. The van der Waals surface area contributed by atoms with Gasteiger partial charge in [-0.15, -0.1) is 0 Å². The molecular weight excluding hydrogens is 402 g/mol. The Morgan fingerprint density at radius 3 is 2.52 bits per heavy atom. The molecule has 0 nitrogen and oxygen atoms in total. The van der Waals surface area contributed by atoms with E-state index in [1.54, 1.807) is 5.57 Å². The maximum Gasteiger partial charge on any atom is 2.00 e. The number of hydrogen-bond acceptors (Lipinski definition) is 0. The van der Waals surface area contributed by atoms with Gasteiger partial charge in [-0.1, -0.05) is 85.4 Å². The maximum absolute atomic E-state index is 2.37. The fourth-order valence-electron chi connectivity index (χ4n) is 3.67. The molecule has 0 radical (unpaired) electrons. The van der Waals surface area contributed by atoms with E-state index in [0.29, 0.717) is 17.8 Å². The third kappa shape index (κ3) is 3.58. The van der Waals surface area contributed by atoms with Crippen LogP contribution in [0, 0.1) is 11.8 Å². The quantitative estimate of drug-likeness (QED) is 0.579. The van der Waals surface area contributed by atoms with E-state index in [1.807, 2.05) is 0 Å². The Morgan fingerprint density at radius 1 is 0.913 bits per heavy atom. The third-order valence-electron chi connectivity index (χ3n) is 4.79. The van der Waals surface area contributed by atoms with Crippen LogP contribution in [0.5, 0.6) is 0 Å². The zero-order valence-electron chi connectivity index (χ0n) is 12.9. The molecule has 0 N–H and O–H groups in total. The van der Waals surface area contributed by atoms with Crippen molar-refractivity contribution in [2.45, 2.75) is 12.8 Å². The molecule has 116 valence electrons. The molecule has 0 aliphatic heterocycles. The van der Waals surface area contributed by atoms with Crippen LogP contribution in [0.2, 0.25) is 0 Å². The van der Waals surface area contributed by atoms with E-state index in [0.717, 1.165) is 0 Å². The molecule has 3 aliphatic rings. The molecule has 23 heavy (non-hydrogen) atoms. The van der Waals surface area contributed by atoms with Crippen molar-refractivity contribution in [2.75, 3.05) is 0 Å². The Kier molecular flexibility index (Phi) is 7.52. The zero-order valence-corrected chi connectivity index (χ0v) is 16.9. The molecule has 3 heteroatoms. The molecule has 1 aromatic rings. The predicted molar refractivity (Wildman–Crippen MR) is 85.3 cm³/mol. The summed E-state index contributed by atoms with van der Waals surface area (Å²) in [4.78, 5) is 0. The summed E-state index contributed by atoms with van der Waals surface area (Å²) in [5, 5.41) is 0. The molecule has 3 unspecified atom stereocenters. The van der Waals surface area contributed by atoms with E-state index in [2.05, 4.69) is 79.8 Å². The van der Waals surface area contributed by atoms with Gasteiger partial charge in [0, 0.05) is 11.8 Å². The van der Waals surface area contributed by atoms with Gasteiger partial charge >= 0.3 is 26.2 Å². The van der Waals surface area contributed by atoms with Crippen molar-refractivity contribution >= 4 is 6.08 Å². The molecule has 0 spiro atoms. The molecule has 0 amide bonds. The average Bonchev–Trinajstić information content (AvgIpc) is 3.11. The van der Waals surface area contributed by atoms with Crippen LogP contribution in [-0.4, -0.2) is 0 Å². The molecule has 0 bridgehead atoms. The minimum absolute atomic E-state index is 0. The summed E-state index contributed by atoms with van der Waals surface area (Å²) in [6.45, 7) is 2.37. The topological polar surface area (TPSA) is 0 Å². The number of rotatable bonds is 2. The summed E-state index contributed by atoms with van der Waals surface area (Å²) in [7, 11) is 0. The second-order valence-electron chi connectivity index (χ2n) is 5.86. The smallest absolute Gasteiger partial charge is 1.00 e. The van der Waals surface area contributed by atoms with Gasteiger partial charge in [-0.2, -0.15) is 0 Å². The minimum atomic E-state index is 0. The van der Waals surface area contributed by atoms with Crippen molar-refractivity contribution in [1.29, 1.82) is 0 Å². The number of fused-ring (bicyclic) bond motifs is 2. The Labute approximate surface area is 170 Å². The first-order valence-corrected chi connectivity index (χ1v) is 7.38.